The summed E-state index contributed by atoms with van der Waals surface area (Å²) >= 11 is 0. The third-order valence-corrected chi connectivity index (χ3v) is 3.56. The van der Waals surface area contributed by atoms with Crippen molar-refractivity contribution < 1.29 is 4.79 Å². The molecule has 1 saturated heterocycles. The van der Waals surface area contributed by atoms with Crippen LogP contribution in [0.3, 0.4) is 0 Å². The lowest BCUT2D eigenvalue weighted by molar-refractivity contribution is -0.125. The number of amides is 1. The second kappa shape index (κ2) is 6.54. The van der Waals surface area contributed by atoms with Gasteiger partial charge in [-0.15, -0.1) is 0 Å². The molecule has 0 spiro atoms. The Kier molecular flexibility index (Phi) is 4.75. The molecule has 1 aromatic heterocycles. The lowest BCUT2D eigenvalue weighted by atomic mass is 10.0. The monoisotopic (exact) mass is 250 g/mol. The Morgan fingerprint density at radius 3 is 3.11 bits per heavy atom. The van der Waals surface area contributed by atoms with E-state index in [1.54, 1.807) is 6.20 Å². The molecule has 2 rings (SSSR count). The number of hydrogen-bond acceptors (Lipinski definition) is 3. The second-order valence-electron chi connectivity index (χ2n) is 4.94. The van der Waals surface area contributed by atoms with Crippen molar-refractivity contribution in [2.45, 2.75) is 38.8 Å². The van der Waals surface area contributed by atoms with E-state index >= 15 is 0 Å². The molecule has 2 atom stereocenters. The Bertz CT molecular complexity index is 363. The van der Waals surface area contributed by atoms with Crippen molar-refractivity contribution in [1.82, 2.24) is 20.2 Å². The van der Waals surface area contributed by atoms with Crippen molar-refractivity contribution >= 4 is 5.91 Å². The van der Waals surface area contributed by atoms with Gasteiger partial charge < -0.3 is 15.2 Å². The number of imidazole rings is 1. The molecule has 0 bridgehead atoms. The fourth-order valence-electron chi connectivity index (χ4n) is 2.40. The van der Waals surface area contributed by atoms with E-state index in [9.17, 15) is 4.79 Å². The van der Waals surface area contributed by atoms with Gasteiger partial charge in [0, 0.05) is 31.5 Å². The summed E-state index contributed by atoms with van der Waals surface area (Å²) in [6.45, 7) is 4.78. The maximum absolute atomic E-state index is 11.9. The van der Waals surface area contributed by atoms with Gasteiger partial charge in [0.2, 0.25) is 5.91 Å². The van der Waals surface area contributed by atoms with E-state index in [-0.39, 0.29) is 11.8 Å². The summed E-state index contributed by atoms with van der Waals surface area (Å²) in [4.78, 5) is 15.9. The predicted octanol–water partition coefficient (Wildman–Crippen LogP) is 0.777. The minimum Gasteiger partial charge on any atom is -0.356 e. The molecule has 0 saturated carbocycles. The summed E-state index contributed by atoms with van der Waals surface area (Å²) in [5, 5.41) is 6.33. The first-order valence-electron chi connectivity index (χ1n) is 6.74. The van der Waals surface area contributed by atoms with E-state index in [0.717, 1.165) is 38.9 Å². The molecule has 0 radical (unpaired) electrons. The van der Waals surface area contributed by atoms with E-state index in [1.807, 2.05) is 12.5 Å². The Hall–Kier alpha value is -1.36. The van der Waals surface area contributed by atoms with Gasteiger partial charge in [0.25, 0.3) is 0 Å². The summed E-state index contributed by atoms with van der Waals surface area (Å²) in [6, 6.07) is 0.316. The lowest BCUT2D eigenvalue weighted by Crippen LogP contribution is -2.37. The summed E-state index contributed by atoms with van der Waals surface area (Å²) in [7, 11) is 0. The fourth-order valence-corrected chi connectivity index (χ4v) is 2.40. The standard InChI is InChI=1S/C13H22N4O/c1-11-12(4-6-15-11)13(18)16-5-2-3-8-17-9-7-14-10-17/h7,9-12,15H,2-6,8H2,1H3,(H,16,18). The molecule has 2 N–H and O–H groups in total. The third kappa shape index (κ3) is 3.57. The molecular weight excluding hydrogens is 228 g/mol. The average Bonchev–Trinajstić information content (AvgIpc) is 2.99. The fraction of sp³-hybridized carbons (Fsp3) is 0.692. The average molecular weight is 250 g/mol. The van der Waals surface area contributed by atoms with Gasteiger partial charge >= 0.3 is 0 Å². The van der Waals surface area contributed by atoms with Gasteiger partial charge in [0.1, 0.15) is 0 Å². The van der Waals surface area contributed by atoms with Crippen LogP contribution in [-0.4, -0.2) is 34.6 Å². The molecule has 2 unspecified atom stereocenters. The number of unbranched alkanes of at least 4 members (excludes halogenated alkanes) is 1. The molecule has 1 aromatic rings. The van der Waals surface area contributed by atoms with Gasteiger partial charge in [-0.05, 0) is 32.7 Å². The first kappa shape index (κ1) is 13.1. The van der Waals surface area contributed by atoms with Gasteiger partial charge in [0.15, 0.2) is 0 Å². The molecule has 1 fully saturated rings. The highest BCUT2D eigenvalue weighted by Gasteiger charge is 2.28. The Balaban J connectivity index is 1.56. The molecule has 0 aliphatic carbocycles. The number of carbonyl (C=O) groups excluding carboxylic acids is 1. The zero-order chi connectivity index (χ0) is 12.8. The highest BCUT2D eigenvalue weighted by molar-refractivity contribution is 5.79. The van der Waals surface area contributed by atoms with Crippen molar-refractivity contribution in [2.24, 2.45) is 5.92 Å². The first-order chi connectivity index (χ1) is 8.77. The normalized spacial score (nSPS) is 23.2. The van der Waals surface area contributed by atoms with Crippen LogP contribution in [0.5, 0.6) is 0 Å². The van der Waals surface area contributed by atoms with E-state index in [0.29, 0.717) is 6.04 Å². The quantitative estimate of drug-likeness (QED) is 0.733. The second-order valence-corrected chi connectivity index (χ2v) is 4.94. The molecule has 5 nitrogen and oxygen atoms in total. The van der Waals surface area contributed by atoms with Crippen LogP contribution in [0.1, 0.15) is 26.2 Å². The minimum atomic E-state index is 0.152. The largest absolute Gasteiger partial charge is 0.356 e. The van der Waals surface area contributed by atoms with Crippen LogP contribution in [0.4, 0.5) is 0 Å². The molecule has 1 aliphatic heterocycles. The third-order valence-electron chi connectivity index (χ3n) is 3.56. The van der Waals surface area contributed by atoms with Crippen molar-refractivity contribution in [3.05, 3.63) is 18.7 Å². The predicted molar refractivity (Wildman–Crippen MR) is 70.0 cm³/mol. The number of hydrogen-bond donors (Lipinski definition) is 2. The molecule has 0 aromatic carbocycles. The van der Waals surface area contributed by atoms with Crippen molar-refractivity contribution in [1.29, 1.82) is 0 Å². The number of rotatable bonds is 6. The zero-order valence-electron chi connectivity index (χ0n) is 10.9. The van der Waals surface area contributed by atoms with E-state index in [4.69, 9.17) is 0 Å². The molecule has 1 aliphatic rings. The van der Waals surface area contributed by atoms with Crippen molar-refractivity contribution in [3.63, 3.8) is 0 Å². The number of carbonyl (C=O) groups is 1. The zero-order valence-corrected chi connectivity index (χ0v) is 10.9. The summed E-state index contributed by atoms with van der Waals surface area (Å²) < 4.78 is 2.06. The smallest absolute Gasteiger partial charge is 0.224 e. The van der Waals surface area contributed by atoms with Crippen LogP contribution in [0.15, 0.2) is 18.7 Å². The highest BCUT2D eigenvalue weighted by atomic mass is 16.1. The molecular formula is C13H22N4O. The molecule has 1 amide bonds. The summed E-state index contributed by atoms with van der Waals surface area (Å²) in [5.74, 6) is 0.355. The highest BCUT2D eigenvalue weighted by Crippen LogP contribution is 2.14. The Labute approximate surface area is 108 Å². The Morgan fingerprint density at radius 1 is 1.56 bits per heavy atom. The van der Waals surface area contributed by atoms with Crippen LogP contribution < -0.4 is 10.6 Å². The topological polar surface area (TPSA) is 59.0 Å². The van der Waals surface area contributed by atoms with Gasteiger partial charge in [-0.25, -0.2) is 4.98 Å². The van der Waals surface area contributed by atoms with E-state index in [1.165, 1.54) is 0 Å². The van der Waals surface area contributed by atoms with Crippen LogP contribution in [0.25, 0.3) is 0 Å². The maximum atomic E-state index is 11.9. The summed E-state index contributed by atoms with van der Waals surface area (Å²) in [5.41, 5.74) is 0. The van der Waals surface area contributed by atoms with Gasteiger partial charge in [-0.2, -0.15) is 0 Å². The molecule has 18 heavy (non-hydrogen) atoms. The van der Waals surface area contributed by atoms with E-state index in [2.05, 4.69) is 27.1 Å². The number of nitrogens with one attached hydrogen (secondary N) is 2. The first-order valence-corrected chi connectivity index (χ1v) is 6.74. The summed E-state index contributed by atoms with van der Waals surface area (Å²) in [6.07, 6.45) is 8.61. The van der Waals surface area contributed by atoms with Gasteiger partial charge in [-0.1, -0.05) is 0 Å². The maximum Gasteiger partial charge on any atom is 0.224 e. The van der Waals surface area contributed by atoms with E-state index < -0.39 is 0 Å². The number of aromatic nitrogens is 2. The molecule has 2 heterocycles. The minimum absolute atomic E-state index is 0.152. The lowest BCUT2D eigenvalue weighted by Gasteiger charge is -2.14. The van der Waals surface area contributed by atoms with Crippen LogP contribution in [0, 0.1) is 5.92 Å². The van der Waals surface area contributed by atoms with Crippen LogP contribution in [-0.2, 0) is 11.3 Å². The SMILES string of the molecule is CC1NCCC1C(=O)NCCCCn1ccnc1. The van der Waals surface area contributed by atoms with Crippen LogP contribution in [0.2, 0.25) is 0 Å². The number of nitrogens with zero attached hydrogens (tertiary/aromatic N) is 2. The van der Waals surface area contributed by atoms with Crippen LogP contribution >= 0.6 is 0 Å². The molecule has 5 heteroatoms. The molecule has 100 valence electrons. The van der Waals surface area contributed by atoms with Gasteiger partial charge in [-0.3, -0.25) is 4.79 Å². The van der Waals surface area contributed by atoms with Gasteiger partial charge in [0.05, 0.1) is 12.2 Å². The number of aryl methyl sites for hydroxylation is 1. The van der Waals surface area contributed by atoms with Crippen molar-refractivity contribution in [2.75, 3.05) is 13.1 Å². The Morgan fingerprint density at radius 2 is 2.44 bits per heavy atom. The van der Waals surface area contributed by atoms with Crippen molar-refractivity contribution in [3.8, 4) is 0 Å².